The molecule has 0 aromatic heterocycles. The molecule has 1 aromatic rings. The summed E-state index contributed by atoms with van der Waals surface area (Å²) in [5.41, 5.74) is 0.143. The number of carboxylic acids is 1. The Morgan fingerprint density at radius 1 is 1.35 bits per heavy atom. The highest BCUT2D eigenvalue weighted by Gasteiger charge is 2.38. The molecule has 1 unspecified atom stereocenters. The molecule has 5 nitrogen and oxygen atoms in total. The maximum Gasteiger partial charge on any atom is 0.310 e. The normalized spacial score (nSPS) is 13.8. The third-order valence-electron chi connectivity index (χ3n) is 3.68. The zero-order valence-corrected chi connectivity index (χ0v) is 12.0. The van der Waals surface area contributed by atoms with E-state index in [2.05, 4.69) is 5.32 Å². The van der Waals surface area contributed by atoms with E-state index < -0.39 is 11.4 Å². The minimum Gasteiger partial charge on any atom is -0.481 e. The summed E-state index contributed by atoms with van der Waals surface area (Å²) in [6.45, 7) is 5.04. The molecule has 20 heavy (non-hydrogen) atoms. The fourth-order valence-corrected chi connectivity index (χ4v) is 1.81. The van der Waals surface area contributed by atoms with Crippen molar-refractivity contribution >= 4 is 17.6 Å². The van der Waals surface area contributed by atoms with Crippen LogP contribution < -0.4 is 5.32 Å². The molecule has 1 rings (SSSR count). The molecule has 0 fully saturated rings. The first kappa shape index (κ1) is 16.2. The number of benzene rings is 1. The molecule has 0 aliphatic heterocycles. The number of carbonyl (C=O) groups excluding carboxylic acids is 1. The van der Waals surface area contributed by atoms with Crippen molar-refractivity contribution in [3.8, 4) is 0 Å². The molecule has 1 aromatic carbocycles. The summed E-state index contributed by atoms with van der Waals surface area (Å²) in [4.78, 5) is 23.3. The van der Waals surface area contributed by atoms with E-state index in [9.17, 15) is 14.7 Å². The molecular weight excluding hydrogens is 258 g/mol. The fourth-order valence-electron chi connectivity index (χ4n) is 1.81. The molecule has 0 spiro atoms. The Hall–Kier alpha value is -1.88. The van der Waals surface area contributed by atoms with E-state index in [1.165, 1.54) is 0 Å². The number of nitrogens with one attached hydrogen (secondary N) is 1. The van der Waals surface area contributed by atoms with Crippen molar-refractivity contribution in [1.82, 2.24) is 0 Å². The lowest BCUT2D eigenvalue weighted by atomic mass is 9.76. The van der Waals surface area contributed by atoms with Crippen LogP contribution in [-0.2, 0) is 16.2 Å². The number of carbonyl (C=O) groups is 2. The maximum absolute atomic E-state index is 12.0. The molecule has 0 heterocycles. The molecule has 0 saturated carbocycles. The lowest BCUT2D eigenvalue weighted by Gasteiger charge is -2.28. The molecule has 110 valence electrons. The van der Waals surface area contributed by atoms with Gasteiger partial charge in [0.1, 0.15) is 0 Å². The number of amides is 1. The van der Waals surface area contributed by atoms with Gasteiger partial charge < -0.3 is 15.5 Å². The third-order valence-corrected chi connectivity index (χ3v) is 3.68. The zero-order valence-electron chi connectivity index (χ0n) is 12.0. The van der Waals surface area contributed by atoms with Gasteiger partial charge in [0.25, 0.3) is 0 Å². The number of aliphatic hydroxyl groups excluding tert-OH is 1. The average Bonchev–Trinajstić information content (AvgIpc) is 2.38. The van der Waals surface area contributed by atoms with Crippen LogP contribution in [0.25, 0.3) is 0 Å². The lowest BCUT2D eigenvalue weighted by Crippen LogP contribution is -2.37. The summed E-state index contributed by atoms with van der Waals surface area (Å²) in [5, 5.41) is 21.0. The number of carboxylic acid groups (broad SMARTS) is 1. The monoisotopic (exact) mass is 279 g/mol. The van der Waals surface area contributed by atoms with Crippen molar-refractivity contribution in [1.29, 1.82) is 0 Å². The van der Waals surface area contributed by atoms with Gasteiger partial charge >= 0.3 is 5.97 Å². The van der Waals surface area contributed by atoms with Crippen LogP contribution in [0.1, 0.15) is 32.8 Å². The first-order valence-electron chi connectivity index (χ1n) is 6.52. The highest BCUT2D eigenvalue weighted by molar-refractivity contribution is 5.94. The second-order valence-electron chi connectivity index (χ2n) is 5.46. The van der Waals surface area contributed by atoms with E-state index in [1.54, 1.807) is 45.0 Å². The van der Waals surface area contributed by atoms with Gasteiger partial charge in [-0.3, -0.25) is 9.59 Å². The van der Waals surface area contributed by atoms with Gasteiger partial charge in [-0.05, 0) is 30.5 Å². The minimum atomic E-state index is -1.10. The average molecular weight is 279 g/mol. The van der Waals surface area contributed by atoms with Crippen LogP contribution in [0, 0.1) is 11.3 Å². The second kappa shape index (κ2) is 6.52. The summed E-state index contributed by atoms with van der Waals surface area (Å²) in [6, 6.07) is 6.82. The minimum absolute atomic E-state index is 0.0939. The Bertz CT molecular complexity index is 498. The van der Waals surface area contributed by atoms with Crippen molar-refractivity contribution in [3.63, 3.8) is 0 Å². The molecule has 1 atom stereocenters. The second-order valence-corrected chi connectivity index (χ2v) is 5.46. The summed E-state index contributed by atoms with van der Waals surface area (Å²) >= 11 is 0. The van der Waals surface area contributed by atoms with Gasteiger partial charge in [-0.15, -0.1) is 0 Å². The largest absolute Gasteiger partial charge is 0.481 e. The van der Waals surface area contributed by atoms with Crippen LogP contribution in [0.5, 0.6) is 0 Å². The van der Waals surface area contributed by atoms with Gasteiger partial charge in [0.15, 0.2) is 0 Å². The molecule has 0 radical (unpaired) electrons. The Morgan fingerprint density at radius 3 is 2.50 bits per heavy atom. The molecular formula is C15H21NO4. The molecule has 0 aliphatic carbocycles. The summed E-state index contributed by atoms with van der Waals surface area (Å²) < 4.78 is 0. The topological polar surface area (TPSA) is 86.6 Å². The van der Waals surface area contributed by atoms with Gasteiger partial charge in [-0.25, -0.2) is 0 Å². The molecule has 1 amide bonds. The van der Waals surface area contributed by atoms with Crippen molar-refractivity contribution in [2.45, 2.75) is 33.8 Å². The predicted molar refractivity (Wildman–Crippen MR) is 76.2 cm³/mol. The summed E-state index contributed by atoms with van der Waals surface area (Å²) in [5.74, 6) is -1.49. The van der Waals surface area contributed by atoms with E-state index in [0.717, 1.165) is 0 Å². The first-order chi connectivity index (χ1) is 9.29. The summed E-state index contributed by atoms with van der Waals surface area (Å²) in [6.07, 6.45) is -0.0939. The van der Waals surface area contributed by atoms with Crippen LogP contribution in [0.3, 0.4) is 0 Å². The number of hydrogen-bond acceptors (Lipinski definition) is 3. The Morgan fingerprint density at radius 2 is 2.00 bits per heavy atom. The third kappa shape index (κ3) is 3.81. The molecule has 0 saturated heterocycles. The summed E-state index contributed by atoms with van der Waals surface area (Å²) in [7, 11) is 0. The molecule has 0 bridgehead atoms. The van der Waals surface area contributed by atoms with Crippen LogP contribution in [0.15, 0.2) is 24.3 Å². The van der Waals surface area contributed by atoms with Gasteiger partial charge in [0.2, 0.25) is 5.91 Å². The standard InChI is InChI=1S/C15H21NO4/c1-10(2)15(3,14(19)20)8-13(18)16-12-6-4-5-11(7-12)9-17/h4-7,10,17H,8-9H2,1-3H3,(H,16,18)(H,19,20). The zero-order chi connectivity index (χ0) is 15.3. The highest BCUT2D eigenvalue weighted by Crippen LogP contribution is 2.31. The Labute approximate surface area is 118 Å². The number of aliphatic carboxylic acids is 1. The van der Waals surface area contributed by atoms with Crippen LogP contribution in [-0.4, -0.2) is 22.1 Å². The van der Waals surface area contributed by atoms with Gasteiger partial charge in [-0.1, -0.05) is 26.0 Å². The van der Waals surface area contributed by atoms with Crippen molar-refractivity contribution in [2.75, 3.05) is 5.32 Å². The predicted octanol–water partition coefficient (Wildman–Crippen LogP) is 2.25. The first-order valence-corrected chi connectivity index (χ1v) is 6.52. The van der Waals surface area contributed by atoms with Crippen molar-refractivity contribution < 1.29 is 19.8 Å². The molecule has 3 N–H and O–H groups in total. The smallest absolute Gasteiger partial charge is 0.310 e. The number of hydrogen-bond donors (Lipinski definition) is 3. The SMILES string of the molecule is CC(C)C(C)(CC(=O)Nc1cccc(CO)c1)C(=O)O. The Balaban J connectivity index is 2.78. The van der Waals surface area contributed by atoms with E-state index in [1.807, 2.05) is 0 Å². The van der Waals surface area contributed by atoms with E-state index in [4.69, 9.17) is 5.11 Å². The van der Waals surface area contributed by atoms with Crippen molar-refractivity contribution in [2.24, 2.45) is 11.3 Å². The van der Waals surface area contributed by atoms with Gasteiger partial charge in [0, 0.05) is 12.1 Å². The van der Waals surface area contributed by atoms with Crippen molar-refractivity contribution in [3.05, 3.63) is 29.8 Å². The Kier molecular flexibility index (Phi) is 5.27. The number of rotatable bonds is 6. The van der Waals surface area contributed by atoms with E-state index in [-0.39, 0.29) is 24.9 Å². The van der Waals surface area contributed by atoms with Gasteiger partial charge in [0.05, 0.1) is 12.0 Å². The fraction of sp³-hybridized carbons (Fsp3) is 0.467. The highest BCUT2D eigenvalue weighted by atomic mass is 16.4. The van der Waals surface area contributed by atoms with E-state index in [0.29, 0.717) is 11.3 Å². The number of anilines is 1. The molecule has 5 heteroatoms. The quantitative estimate of drug-likeness (QED) is 0.745. The molecule has 0 aliphatic rings. The van der Waals surface area contributed by atoms with Gasteiger partial charge in [-0.2, -0.15) is 0 Å². The van der Waals surface area contributed by atoms with Crippen LogP contribution in [0.4, 0.5) is 5.69 Å². The lowest BCUT2D eigenvalue weighted by molar-refractivity contribution is -0.153. The van der Waals surface area contributed by atoms with Crippen LogP contribution in [0.2, 0.25) is 0 Å². The number of aliphatic hydroxyl groups is 1. The maximum atomic E-state index is 12.0. The van der Waals surface area contributed by atoms with E-state index >= 15 is 0 Å². The van der Waals surface area contributed by atoms with Crippen LogP contribution >= 0.6 is 0 Å².